The monoisotopic (exact) mass is 232 g/mol. The van der Waals surface area contributed by atoms with Gasteiger partial charge in [-0.2, -0.15) is 0 Å². The first-order chi connectivity index (χ1) is 6.55. The first-order valence-electron chi connectivity index (χ1n) is 4.40. The van der Waals surface area contributed by atoms with E-state index in [0.29, 0.717) is 0 Å². The molecular formula is C8H12N2O2S2. The zero-order valence-corrected chi connectivity index (χ0v) is 9.49. The Morgan fingerprint density at radius 3 is 2.86 bits per heavy atom. The van der Waals surface area contributed by atoms with Crippen molar-refractivity contribution in [3.63, 3.8) is 0 Å². The number of hydrogen-bond acceptors (Lipinski definition) is 5. The van der Waals surface area contributed by atoms with Crippen LogP contribution < -0.4 is 5.32 Å². The molecule has 0 radical (unpaired) electrons. The molecule has 0 amide bonds. The fraction of sp³-hybridized carbons (Fsp3) is 0.625. The fourth-order valence-electron chi connectivity index (χ4n) is 1.41. The van der Waals surface area contributed by atoms with E-state index in [2.05, 4.69) is 10.3 Å². The lowest BCUT2D eigenvalue weighted by molar-refractivity contribution is 0.513. The van der Waals surface area contributed by atoms with E-state index < -0.39 is 9.84 Å². The fourth-order valence-corrected chi connectivity index (χ4v) is 3.52. The Morgan fingerprint density at radius 2 is 2.36 bits per heavy atom. The van der Waals surface area contributed by atoms with Crippen molar-refractivity contribution in [2.75, 3.05) is 11.5 Å². The van der Waals surface area contributed by atoms with Crippen LogP contribution in [-0.2, 0) is 16.4 Å². The molecule has 6 heteroatoms. The van der Waals surface area contributed by atoms with Crippen LogP contribution in [0.3, 0.4) is 0 Å². The second kappa shape index (κ2) is 3.60. The summed E-state index contributed by atoms with van der Waals surface area (Å²) in [4.78, 5) is 5.29. The van der Waals surface area contributed by atoms with E-state index in [0.717, 1.165) is 16.4 Å². The summed E-state index contributed by atoms with van der Waals surface area (Å²) in [6.07, 6.45) is 1.83. The minimum atomic E-state index is -2.70. The Morgan fingerprint density at radius 1 is 1.64 bits per heavy atom. The summed E-state index contributed by atoms with van der Waals surface area (Å²) in [5.74, 6) is 0.565. The van der Waals surface area contributed by atoms with Crippen molar-refractivity contribution in [1.29, 1.82) is 0 Å². The van der Waals surface area contributed by atoms with Gasteiger partial charge < -0.3 is 5.32 Å². The van der Waals surface area contributed by atoms with E-state index in [1.165, 1.54) is 0 Å². The number of aromatic nitrogens is 1. The maximum atomic E-state index is 10.9. The highest BCUT2D eigenvalue weighted by Gasteiger charge is 2.32. The van der Waals surface area contributed by atoms with Crippen LogP contribution in [-0.4, -0.2) is 30.9 Å². The van der Waals surface area contributed by atoms with Crippen LogP contribution in [0.2, 0.25) is 0 Å². The molecule has 2 rings (SSSR count). The van der Waals surface area contributed by atoms with Crippen LogP contribution >= 0.6 is 11.3 Å². The molecule has 14 heavy (non-hydrogen) atoms. The second-order valence-corrected chi connectivity index (χ2v) is 6.97. The summed E-state index contributed by atoms with van der Waals surface area (Å²) in [6, 6.07) is 0.141. The van der Waals surface area contributed by atoms with Gasteiger partial charge in [-0.05, 0) is 6.92 Å². The number of thiazole rings is 1. The zero-order valence-electron chi connectivity index (χ0n) is 7.86. The average Bonchev–Trinajstić information content (AvgIpc) is 2.44. The topological polar surface area (TPSA) is 59.1 Å². The van der Waals surface area contributed by atoms with Gasteiger partial charge in [-0.15, -0.1) is 11.3 Å². The van der Waals surface area contributed by atoms with Gasteiger partial charge in [-0.25, -0.2) is 13.4 Å². The molecule has 2 heterocycles. The standard InChI is InChI=1S/C8H12N2O2S2/c1-6-9-2-8(13-6)3-10-7-4-14(11,12)5-7/h2,7,10H,3-5H2,1H3. The molecule has 1 aromatic heterocycles. The van der Waals surface area contributed by atoms with Crippen molar-refractivity contribution < 1.29 is 8.42 Å². The molecule has 4 nitrogen and oxygen atoms in total. The minimum absolute atomic E-state index is 0.141. The second-order valence-electron chi connectivity index (χ2n) is 3.50. The van der Waals surface area contributed by atoms with E-state index in [4.69, 9.17) is 0 Å². The third kappa shape index (κ3) is 2.31. The van der Waals surface area contributed by atoms with Crippen molar-refractivity contribution in [3.05, 3.63) is 16.1 Å². The summed E-state index contributed by atoms with van der Waals surface area (Å²) in [5, 5.41) is 4.24. The molecule has 1 fully saturated rings. The maximum absolute atomic E-state index is 10.9. The summed E-state index contributed by atoms with van der Waals surface area (Å²) in [5.41, 5.74) is 0. The molecule has 0 saturated carbocycles. The van der Waals surface area contributed by atoms with Crippen LogP contribution in [0.1, 0.15) is 9.88 Å². The van der Waals surface area contributed by atoms with Crippen LogP contribution in [0.5, 0.6) is 0 Å². The highest BCUT2D eigenvalue weighted by Crippen LogP contribution is 2.14. The first-order valence-corrected chi connectivity index (χ1v) is 7.04. The summed E-state index contributed by atoms with van der Waals surface area (Å²) < 4.78 is 21.7. The van der Waals surface area contributed by atoms with Crippen molar-refractivity contribution in [2.45, 2.75) is 19.5 Å². The molecule has 1 aliphatic rings. The maximum Gasteiger partial charge on any atom is 0.153 e. The van der Waals surface area contributed by atoms with Crippen LogP contribution in [0.15, 0.2) is 6.20 Å². The molecule has 1 aliphatic heterocycles. The lowest BCUT2D eigenvalue weighted by Crippen LogP contribution is -2.50. The Hall–Kier alpha value is -0.460. The van der Waals surface area contributed by atoms with Gasteiger partial charge in [0.25, 0.3) is 0 Å². The number of nitrogens with one attached hydrogen (secondary N) is 1. The molecule has 0 atom stereocenters. The van der Waals surface area contributed by atoms with Gasteiger partial charge in [0, 0.05) is 23.7 Å². The van der Waals surface area contributed by atoms with Crippen LogP contribution in [0.25, 0.3) is 0 Å². The van der Waals surface area contributed by atoms with Crippen LogP contribution in [0.4, 0.5) is 0 Å². The molecule has 0 aromatic carbocycles. The quantitative estimate of drug-likeness (QED) is 0.816. The summed E-state index contributed by atoms with van der Waals surface area (Å²) >= 11 is 1.64. The smallest absolute Gasteiger partial charge is 0.153 e. The summed E-state index contributed by atoms with van der Waals surface area (Å²) in [6.45, 7) is 2.69. The van der Waals surface area contributed by atoms with E-state index in [9.17, 15) is 8.42 Å². The number of rotatable bonds is 3. The Labute approximate surface area is 87.3 Å². The molecule has 78 valence electrons. The number of hydrogen-bond donors (Lipinski definition) is 1. The molecule has 1 saturated heterocycles. The molecule has 0 spiro atoms. The van der Waals surface area contributed by atoms with Crippen molar-refractivity contribution in [1.82, 2.24) is 10.3 Å². The molecule has 1 aromatic rings. The third-order valence-electron chi connectivity index (χ3n) is 2.14. The van der Waals surface area contributed by atoms with Gasteiger partial charge in [0.1, 0.15) is 0 Å². The Kier molecular flexibility index (Phi) is 2.59. The van der Waals surface area contributed by atoms with Crippen LogP contribution in [0, 0.1) is 6.92 Å². The van der Waals surface area contributed by atoms with Gasteiger partial charge >= 0.3 is 0 Å². The molecule has 0 bridgehead atoms. The van der Waals surface area contributed by atoms with Crippen molar-refractivity contribution >= 4 is 21.2 Å². The Bertz CT molecular complexity index is 412. The van der Waals surface area contributed by atoms with Crippen molar-refractivity contribution in [3.8, 4) is 0 Å². The van der Waals surface area contributed by atoms with Gasteiger partial charge in [0.2, 0.25) is 0 Å². The lowest BCUT2D eigenvalue weighted by atomic mass is 10.3. The largest absolute Gasteiger partial charge is 0.307 e. The highest BCUT2D eigenvalue weighted by atomic mass is 32.2. The van der Waals surface area contributed by atoms with E-state index in [1.54, 1.807) is 11.3 Å². The predicted molar refractivity (Wildman–Crippen MR) is 56.1 cm³/mol. The predicted octanol–water partition coefficient (Wildman–Crippen LogP) is 0.338. The zero-order chi connectivity index (χ0) is 10.2. The Balaban J connectivity index is 1.79. The number of sulfone groups is 1. The molecule has 0 unspecified atom stereocenters. The SMILES string of the molecule is Cc1ncc(CNC2CS(=O)(=O)C2)s1. The van der Waals surface area contributed by atoms with Gasteiger partial charge in [-0.3, -0.25) is 0 Å². The van der Waals surface area contributed by atoms with Crippen molar-refractivity contribution in [2.24, 2.45) is 0 Å². The highest BCUT2D eigenvalue weighted by molar-refractivity contribution is 7.92. The van der Waals surface area contributed by atoms with E-state index in [1.807, 2.05) is 13.1 Å². The van der Waals surface area contributed by atoms with Gasteiger partial charge in [0.05, 0.1) is 16.5 Å². The molecular weight excluding hydrogens is 220 g/mol. The third-order valence-corrected chi connectivity index (χ3v) is 4.88. The molecule has 1 N–H and O–H groups in total. The minimum Gasteiger partial charge on any atom is -0.307 e. The van der Waals surface area contributed by atoms with Gasteiger partial charge in [-0.1, -0.05) is 0 Å². The number of aryl methyl sites for hydroxylation is 1. The normalized spacial score (nSPS) is 20.6. The van der Waals surface area contributed by atoms with Gasteiger partial charge in [0.15, 0.2) is 9.84 Å². The van der Waals surface area contributed by atoms with E-state index in [-0.39, 0.29) is 17.5 Å². The average molecular weight is 232 g/mol. The first kappa shape index (κ1) is 10.1. The summed E-state index contributed by atoms with van der Waals surface area (Å²) in [7, 11) is -2.70. The lowest BCUT2D eigenvalue weighted by Gasteiger charge is -2.26. The number of nitrogens with zero attached hydrogens (tertiary/aromatic N) is 1. The molecule has 0 aliphatic carbocycles. The van der Waals surface area contributed by atoms with E-state index >= 15 is 0 Å².